The Balaban J connectivity index is 0.00000208. The Bertz CT molecular complexity index is 832. The van der Waals surface area contributed by atoms with Crippen LogP contribution >= 0.6 is 12.4 Å². The third-order valence-electron chi connectivity index (χ3n) is 3.69. The molecule has 0 aliphatic carbocycles. The van der Waals surface area contributed by atoms with Crippen molar-refractivity contribution in [3.8, 4) is 5.75 Å². The van der Waals surface area contributed by atoms with Gasteiger partial charge in [-0.2, -0.15) is 0 Å². The van der Waals surface area contributed by atoms with Gasteiger partial charge in [0.1, 0.15) is 5.75 Å². The van der Waals surface area contributed by atoms with Crippen LogP contribution < -0.4 is 10.5 Å². The summed E-state index contributed by atoms with van der Waals surface area (Å²) in [6, 6.07) is 14.7. The minimum atomic E-state index is -1.05. The summed E-state index contributed by atoms with van der Waals surface area (Å²) < 4.78 is 5.73. The molecule has 2 aromatic carbocycles. The number of carbonyl (C=O) groups is 1. The average Bonchev–Trinajstić information content (AvgIpc) is 3.00. The van der Waals surface area contributed by atoms with E-state index < -0.39 is 12.1 Å². The van der Waals surface area contributed by atoms with E-state index in [4.69, 9.17) is 10.5 Å². The van der Waals surface area contributed by atoms with E-state index in [-0.39, 0.29) is 12.4 Å². The molecule has 1 atom stereocenters. The normalized spacial score (nSPS) is 11.7. The number of fused-ring (bicyclic) bond motifs is 1. The average molecular weight is 347 g/mol. The van der Waals surface area contributed by atoms with Crippen molar-refractivity contribution in [1.82, 2.24) is 4.98 Å². The van der Waals surface area contributed by atoms with Crippen molar-refractivity contribution in [2.45, 2.75) is 12.5 Å². The number of rotatable bonds is 6. The van der Waals surface area contributed by atoms with Gasteiger partial charge in [-0.25, -0.2) is 4.79 Å². The molecule has 0 saturated heterocycles. The van der Waals surface area contributed by atoms with Crippen LogP contribution in [0.15, 0.2) is 54.7 Å². The van der Waals surface area contributed by atoms with E-state index in [1.54, 1.807) is 12.1 Å². The van der Waals surface area contributed by atoms with Crippen LogP contribution in [-0.2, 0) is 11.2 Å². The van der Waals surface area contributed by atoms with Gasteiger partial charge in [-0.15, -0.1) is 12.4 Å². The SMILES string of the molecule is Cl.NCCc1cccc(C(Oc2ccc3[nH]ccc3c2)C(=O)O)c1. The van der Waals surface area contributed by atoms with Crippen LogP contribution in [0, 0.1) is 0 Å². The van der Waals surface area contributed by atoms with Crippen LogP contribution in [0.5, 0.6) is 5.75 Å². The maximum Gasteiger partial charge on any atom is 0.349 e. The van der Waals surface area contributed by atoms with Crippen molar-refractivity contribution in [3.05, 3.63) is 65.9 Å². The molecule has 0 aliphatic rings. The van der Waals surface area contributed by atoms with E-state index in [1.807, 2.05) is 42.6 Å². The summed E-state index contributed by atoms with van der Waals surface area (Å²) in [6.45, 7) is 0.520. The Labute approximate surface area is 145 Å². The molecule has 1 aromatic heterocycles. The third-order valence-corrected chi connectivity index (χ3v) is 3.69. The number of nitrogens with one attached hydrogen (secondary N) is 1. The van der Waals surface area contributed by atoms with E-state index >= 15 is 0 Å². The highest BCUT2D eigenvalue weighted by molar-refractivity contribution is 5.85. The fraction of sp³-hybridized carbons (Fsp3) is 0.167. The number of benzene rings is 2. The molecule has 24 heavy (non-hydrogen) atoms. The summed E-state index contributed by atoms with van der Waals surface area (Å²) >= 11 is 0. The number of ether oxygens (including phenoxy) is 1. The first kappa shape index (κ1) is 17.8. The molecule has 4 N–H and O–H groups in total. The van der Waals surface area contributed by atoms with Crippen LogP contribution in [0.3, 0.4) is 0 Å². The number of aromatic nitrogens is 1. The minimum absolute atomic E-state index is 0. The molecule has 3 aromatic rings. The number of carboxylic acids is 1. The largest absolute Gasteiger partial charge is 0.478 e. The van der Waals surface area contributed by atoms with E-state index in [0.29, 0.717) is 24.3 Å². The number of hydrogen-bond acceptors (Lipinski definition) is 3. The highest BCUT2D eigenvalue weighted by atomic mass is 35.5. The Kier molecular flexibility index (Phi) is 5.84. The lowest BCUT2D eigenvalue weighted by molar-refractivity contribution is -0.145. The van der Waals surface area contributed by atoms with Gasteiger partial charge in [0.2, 0.25) is 6.10 Å². The van der Waals surface area contributed by atoms with Gasteiger partial charge in [-0.05, 0) is 42.8 Å². The first-order valence-electron chi connectivity index (χ1n) is 7.43. The lowest BCUT2D eigenvalue weighted by Gasteiger charge is -2.16. The first-order chi connectivity index (χ1) is 11.2. The number of aromatic amines is 1. The second-order valence-corrected chi connectivity index (χ2v) is 5.35. The molecule has 0 aliphatic heterocycles. The lowest BCUT2D eigenvalue weighted by atomic mass is 10.0. The van der Waals surface area contributed by atoms with Crippen LogP contribution in [0.1, 0.15) is 17.2 Å². The Morgan fingerprint density at radius 1 is 1.21 bits per heavy atom. The van der Waals surface area contributed by atoms with Gasteiger partial charge >= 0.3 is 5.97 Å². The van der Waals surface area contributed by atoms with Crippen LogP contribution in [0.2, 0.25) is 0 Å². The van der Waals surface area contributed by atoms with E-state index in [2.05, 4.69) is 4.98 Å². The molecule has 126 valence electrons. The van der Waals surface area contributed by atoms with Crippen molar-refractivity contribution in [2.75, 3.05) is 6.54 Å². The second-order valence-electron chi connectivity index (χ2n) is 5.35. The summed E-state index contributed by atoms with van der Waals surface area (Å²) in [7, 11) is 0. The molecule has 0 spiro atoms. The highest BCUT2D eigenvalue weighted by Gasteiger charge is 2.22. The lowest BCUT2D eigenvalue weighted by Crippen LogP contribution is -2.18. The highest BCUT2D eigenvalue weighted by Crippen LogP contribution is 2.26. The number of aliphatic carboxylic acids is 1. The zero-order valence-corrected chi connectivity index (χ0v) is 13.8. The van der Waals surface area contributed by atoms with Crippen molar-refractivity contribution in [1.29, 1.82) is 0 Å². The Hall–Kier alpha value is -2.50. The van der Waals surface area contributed by atoms with Gasteiger partial charge in [0.15, 0.2) is 0 Å². The zero-order valence-electron chi connectivity index (χ0n) is 12.9. The molecule has 0 amide bonds. The van der Waals surface area contributed by atoms with Crippen LogP contribution in [-0.4, -0.2) is 22.6 Å². The standard InChI is InChI=1S/C18H18N2O3.ClH/c19-8-6-12-2-1-3-14(10-12)17(18(21)22)23-15-4-5-16-13(11-15)7-9-20-16;/h1-5,7,9-11,17,20H,6,8,19H2,(H,21,22);1H. The molecule has 1 heterocycles. The number of H-pyrrole nitrogens is 1. The van der Waals surface area contributed by atoms with Gasteiger partial charge in [0.25, 0.3) is 0 Å². The fourth-order valence-corrected chi connectivity index (χ4v) is 2.58. The molecular weight excluding hydrogens is 328 g/mol. The molecule has 6 heteroatoms. The Morgan fingerprint density at radius 2 is 2.04 bits per heavy atom. The molecule has 5 nitrogen and oxygen atoms in total. The van der Waals surface area contributed by atoms with Gasteiger partial charge in [-0.1, -0.05) is 24.3 Å². The van der Waals surface area contributed by atoms with Gasteiger partial charge in [-0.3, -0.25) is 0 Å². The van der Waals surface area contributed by atoms with Crippen LogP contribution in [0.25, 0.3) is 10.9 Å². The summed E-state index contributed by atoms with van der Waals surface area (Å²) in [5.41, 5.74) is 8.15. The third kappa shape index (κ3) is 3.88. The smallest absolute Gasteiger partial charge is 0.349 e. The zero-order chi connectivity index (χ0) is 16.2. The van der Waals surface area contributed by atoms with E-state index in [1.165, 1.54) is 0 Å². The summed E-state index contributed by atoms with van der Waals surface area (Å²) in [5, 5.41) is 10.5. The quantitative estimate of drug-likeness (QED) is 0.639. The monoisotopic (exact) mass is 346 g/mol. The summed E-state index contributed by atoms with van der Waals surface area (Å²) in [5.74, 6) is -0.502. The van der Waals surface area contributed by atoms with Crippen LogP contribution in [0.4, 0.5) is 0 Å². The molecule has 0 radical (unpaired) electrons. The summed E-state index contributed by atoms with van der Waals surface area (Å²) in [4.78, 5) is 14.7. The molecule has 3 rings (SSSR count). The van der Waals surface area contributed by atoms with Crippen molar-refractivity contribution in [3.63, 3.8) is 0 Å². The molecule has 0 bridgehead atoms. The molecule has 0 saturated carbocycles. The van der Waals surface area contributed by atoms with E-state index in [9.17, 15) is 9.90 Å². The summed E-state index contributed by atoms with van der Waals surface area (Å²) in [6.07, 6.45) is 1.48. The van der Waals surface area contributed by atoms with Gasteiger partial charge < -0.3 is 20.6 Å². The first-order valence-corrected chi connectivity index (χ1v) is 7.43. The number of hydrogen-bond donors (Lipinski definition) is 3. The van der Waals surface area contributed by atoms with Crippen molar-refractivity contribution >= 4 is 29.3 Å². The molecule has 1 unspecified atom stereocenters. The number of nitrogens with two attached hydrogens (primary N) is 1. The number of halogens is 1. The van der Waals surface area contributed by atoms with E-state index in [0.717, 1.165) is 16.5 Å². The fourth-order valence-electron chi connectivity index (χ4n) is 2.58. The topological polar surface area (TPSA) is 88.3 Å². The van der Waals surface area contributed by atoms with Gasteiger partial charge in [0.05, 0.1) is 0 Å². The van der Waals surface area contributed by atoms with Gasteiger partial charge in [0, 0.05) is 22.7 Å². The predicted octanol–water partition coefficient (Wildman–Crippen LogP) is 3.30. The minimum Gasteiger partial charge on any atom is -0.478 e. The predicted molar refractivity (Wildman–Crippen MR) is 95.8 cm³/mol. The van der Waals surface area contributed by atoms with Crippen molar-refractivity contribution < 1.29 is 14.6 Å². The maximum atomic E-state index is 11.6. The second kappa shape index (κ2) is 7.86. The maximum absolute atomic E-state index is 11.6. The Morgan fingerprint density at radius 3 is 2.79 bits per heavy atom. The molecular formula is C18H19ClN2O3. The number of carboxylic acid groups (broad SMARTS) is 1. The molecule has 0 fully saturated rings. The van der Waals surface area contributed by atoms with Crippen molar-refractivity contribution in [2.24, 2.45) is 5.73 Å².